The molecule has 0 saturated carbocycles. The monoisotopic (exact) mass is 784 g/mol. The molecule has 0 bridgehead atoms. The summed E-state index contributed by atoms with van der Waals surface area (Å²) in [5, 5.41) is 23.6. The van der Waals surface area contributed by atoms with Crippen LogP contribution >= 0.6 is 0 Å². The maximum atomic E-state index is 13.1. The average Bonchev–Trinajstić information content (AvgIpc) is 3.19. The summed E-state index contributed by atoms with van der Waals surface area (Å²) >= 11 is 0. The number of ether oxygens (including phenoxy) is 1. The number of hydrogen-bond donors (Lipinski definition) is 3. The minimum Gasteiger partial charge on any atom is -0.462 e. The Morgan fingerprint density at radius 1 is 0.536 bits per heavy atom. The van der Waals surface area contributed by atoms with Crippen molar-refractivity contribution in [2.24, 2.45) is 0 Å². The third-order valence-electron chi connectivity index (χ3n) is 10.3. The van der Waals surface area contributed by atoms with Gasteiger partial charge in [0.2, 0.25) is 5.91 Å². The second-order valence-electron chi connectivity index (χ2n) is 15.7. The molecule has 0 radical (unpaired) electrons. The third-order valence-corrected chi connectivity index (χ3v) is 10.3. The molecule has 0 aliphatic heterocycles. The largest absolute Gasteiger partial charge is 0.462 e. The second-order valence-corrected chi connectivity index (χ2v) is 15.7. The van der Waals surface area contributed by atoms with Gasteiger partial charge in [0.25, 0.3) is 0 Å². The fourth-order valence-corrected chi connectivity index (χ4v) is 6.83. The molecule has 6 nitrogen and oxygen atoms in total. The number of allylic oxidation sites excluding steroid dienone is 10. The smallest absolute Gasteiger partial charge is 0.306 e. The van der Waals surface area contributed by atoms with E-state index < -0.39 is 18.2 Å². The molecule has 3 unspecified atom stereocenters. The minimum atomic E-state index is -0.795. The molecule has 6 heteroatoms. The number of unbranched alkanes of at least 4 members (excludes halogenated alkanes) is 19. The van der Waals surface area contributed by atoms with Crippen molar-refractivity contribution in [1.82, 2.24) is 5.32 Å². The maximum absolute atomic E-state index is 13.1. The molecule has 324 valence electrons. The van der Waals surface area contributed by atoms with Gasteiger partial charge in [-0.3, -0.25) is 9.59 Å². The average molecular weight is 784 g/mol. The summed E-state index contributed by atoms with van der Waals surface area (Å²) in [5.74, 6) is -0.517. The molecule has 0 heterocycles. The summed E-state index contributed by atoms with van der Waals surface area (Å²) in [6.45, 7) is 6.23. The first-order valence-corrected chi connectivity index (χ1v) is 23.5. The van der Waals surface area contributed by atoms with Crippen LogP contribution in [0.3, 0.4) is 0 Å². The van der Waals surface area contributed by atoms with Gasteiger partial charge in [-0.2, -0.15) is 0 Å². The Labute approximate surface area is 346 Å². The molecule has 56 heavy (non-hydrogen) atoms. The van der Waals surface area contributed by atoms with Gasteiger partial charge in [0.1, 0.15) is 6.10 Å². The zero-order valence-corrected chi connectivity index (χ0v) is 36.8. The first-order chi connectivity index (χ1) is 27.5. The highest BCUT2D eigenvalue weighted by molar-refractivity contribution is 5.77. The number of amides is 1. The van der Waals surface area contributed by atoms with Crippen LogP contribution < -0.4 is 5.32 Å². The number of rotatable bonds is 41. The van der Waals surface area contributed by atoms with Gasteiger partial charge in [-0.15, -0.1) is 0 Å². The van der Waals surface area contributed by atoms with Gasteiger partial charge >= 0.3 is 5.97 Å². The van der Waals surface area contributed by atoms with Crippen LogP contribution in [0.5, 0.6) is 0 Å². The molecule has 0 fully saturated rings. The number of nitrogens with one attached hydrogen (secondary N) is 1. The van der Waals surface area contributed by atoms with Gasteiger partial charge in [0.05, 0.1) is 25.2 Å². The predicted molar refractivity (Wildman–Crippen MR) is 241 cm³/mol. The van der Waals surface area contributed by atoms with E-state index >= 15 is 0 Å². The van der Waals surface area contributed by atoms with Crippen molar-refractivity contribution in [3.8, 4) is 0 Å². The lowest BCUT2D eigenvalue weighted by atomic mass is 10.0. The van der Waals surface area contributed by atoms with Crippen molar-refractivity contribution in [2.75, 3.05) is 6.61 Å². The van der Waals surface area contributed by atoms with E-state index in [-0.39, 0.29) is 24.9 Å². The van der Waals surface area contributed by atoms with Crippen LogP contribution in [-0.2, 0) is 14.3 Å². The van der Waals surface area contributed by atoms with E-state index in [1.54, 1.807) is 0 Å². The number of aliphatic hydroxyl groups excluding tert-OH is 2. The van der Waals surface area contributed by atoms with Gasteiger partial charge in [0.15, 0.2) is 0 Å². The van der Waals surface area contributed by atoms with E-state index in [0.717, 1.165) is 109 Å². The molecule has 3 atom stereocenters. The normalized spacial score (nSPS) is 13.9. The molecule has 1 amide bonds. The van der Waals surface area contributed by atoms with Crippen molar-refractivity contribution in [3.05, 3.63) is 60.8 Å². The van der Waals surface area contributed by atoms with Crippen LogP contribution in [0.1, 0.15) is 220 Å². The molecule has 0 aromatic rings. The summed E-state index contributed by atoms with van der Waals surface area (Å²) in [6, 6.07) is -0.710. The van der Waals surface area contributed by atoms with E-state index in [1.807, 2.05) is 0 Å². The van der Waals surface area contributed by atoms with Crippen LogP contribution in [0.25, 0.3) is 0 Å². The maximum Gasteiger partial charge on any atom is 0.306 e. The molecular weight excluding hydrogens is 695 g/mol. The van der Waals surface area contributed by atoms with Gasteiger partial charge in [0, 0.05) is 6.42 Å². The second kappa shape index (κ2) is 43.7. The lowest BCUT2D eigenvalue weighted by Crippen LogP contribution is -2.46. The summed E-state index contributed by atoms with van der Waals surface area (Å²) < 4.78 is 5.89. The Morgan fingerprint density at radius 2 is 0.964 bits per heavy atom. The fourth-order valence-electron chi connectivity index (χ4n) is 6.83. The molecule has 3 N–H and O–H groups in total. The fraction of sp³-hybridized carbons (Fsp3) is 0.760. The Balaban J connectivity index is 4.64. The van der Waals surface area contributed by atoms with Crippen molar-refractivity contribution in [3.63, 3.8) is 0 Å². The highest BCUT2D eigenvalue weighted by atomic mass is 16.5. The van der Waals surface area contributed by atoms with Crippen LogP contribution in [0.2, 0.25) is 0 Å². The molecule has 0 spiro atoms. The Kier molecular flexibility index (Phi) is 41.8. The molecule has 0 aromatic heterocycles. The van der Waals surface area contributed by atoms with E-state index in [4.69, 9.17) is 4.74 Å². The number of carbonyl (C=O) groups excluding carboxylic acids is 2. The van der Waals surface area contributed by atoms with Crippen molar-refractivity contribution in [2.45, 2.75) is 238 Å². The summed E-state index contributed by atoms with van der Waals surface area (Å²) in [5.41, 5.74) is 0. The summed E-state index contributed by atoms with van der Waals surface area (Å²) in [4.78, 5) is 26.0. The molecular formula is C50H89NO5. The first-order valence-electron chi connectivity index (χ1n) is 23.5. The number of aliphatic hydroxyl groups is 2. The topological polar surface area (TPSA) is 95.9 Å². The third kappa shape index (κ3) is 38.4. The number of hydrogen-bond acceptors (Lipinski definition) is 5. The lowest BCUT2D eigenvalue weighted by Gasteiger charge is -2.24. The Hall–Kier alpha value is -2.44. The first kappa shape index (κ1) is 53.6. The molecule has 0 rings (SSSR count). The van der Waals surface area contributed by atoms with Crippen LogP contribution in [0.15, 0.2) is 60.8 Å². The van der Waals surface area contributed by atoms with Crippen LogP contribution in [0.4, 0.5) is 0 Å². The molecule has 0 aliphatic carbocycles. The number of carbonyl (C=O) groups is 2. The van der Waals surface area contributed by atoms with Gasteiger partial charge in [-0.1, -0.05) is 184 Å². The zero-order chi connectivity index (χ0) is 41.0. The van der Waals surface area contributed by atoms with E-state index in [9.17, 15) is 19.8 Å². The zero-order valence-electron chi connectivity index (χ0n) is 36.8. The highest BCUT2D eigenvalue weighted by Gasteiger charge is 2.24. The highest BCUT2D eigenvalue weighted by Crippen LogP contribution is 2.17. The number of esters is 1. The standard InChI is InChI=1S/C50H89NO5/c1-4-7-10-13-16-19-22-24-25-28-31-34-37-40-43-50(55)56-46(41-38-35-32-29-27-23-20-17-14-11-8-5-2)44-49(54)51-47(45-52)48(53)42-39-36-33-30-26-21-18-15-12-9-6-3/h7-8,10-11,16-17,19-20,24-25,46-48,52-53H,4-6,9,12-15,18,21-23,26-45H2,1-3H3,(H,51,54)/b10-7+,11-8+,19-16+,20-17+,25-24+. The molecule has 0 saturated heterocycles. The Bertz CT molecular complexity index is 1010. The van der Waals surface area contributed by atoms with Crippen molar-refractivity contribution in [1.29, 1.82) is 0 Å². The molecule has 0 aliphatic rings. The van der Waals surface area contributed by atoms with Crippen LogP contribution in [-0.4, -0.2) is 46.9 Å². The molecule has 0 aromatic carbocycles. The summed E-state index contributed by atoms with van der Waals surface area (Å²) in [6.07, 6.45) is 52.8. The van der Waals surface area contributed by atoms with Crippen molar-refractivity contribution >= 4 is 11.9 Å². The van der Waals surface area contributed by atoms with Gasteiger partial charge in [-0.25, -0.2) is 0 Å². The van der Waals surface area contributed by atoms with E-state index in [0.29, 0.717) is 19.3 Å². The van der Waals surface area contributed by atoms with E-state index in [1.165, 1.54) is 64.2 Å². The lowest BCUT2D eigenvalue weighted by molar-refractivity contribution is -0.151. The van der Waals surface area contributed by atoms with Crippen LogP contribution in [0, 0.1) is 0 Å². The van der Waals surface area contributed by atoms with Crippen molar-refractivity contribution < 1.29 is 24.5 Å². The summed E-state index contributed by atoms with van der Waals surface area (Å²) in [7, 11) is 0. The predicted octanol–water partition coefficient (Wildman–Crippen LogP) is 13.7. The quantitative estimate of drug-likeness (QED) is 0.0326. The SMILES string of the molecule is CC/C=C/C/C=C/C/C=C/CCCCCCC(=O)OC(CCCCCCC/C=C/C/C=C/CC)CC(=O)NC(CO)C(O)CCCCCCCCCCCCC. The van der Waals surface area contributed by atoms with E-state index in [2.05, 4.69) is 86.8 Å². The van der Waals surface area contributed by atoms with Gasteiger partial charge < -0.3 is 20.3 Å². The Morgan fingerprint density at radius 3 is 1.46 bits per heavy atom. The van der Waals surface area contributed by atoms with Gasteiger partial charge in [-0.05, 0) is 83.5 Å². The minimum absolute atomic E-state index is 0.0572.